The van der Waals surface area contributed by atoms with E-state index in [-0.39, 0.29) is 11.3 Å². The number of amides is 1. The first-order valence-corrected chi connectivity index (χ1v) is 5.97. The minimum atomic E-state index is 0.00425. The predicted molar refractivity (Wildman–Crippen MR) is 68.0 cm³/mol. The molecule has 0 spiro atoms. The lowest BCUT2D eigenvalue weighted by Gasteiger charge is -2.24. The maximum Gasteiger partial charge on any atom is 0.234 e. The lowest BCUT2D eigenvalue weighted by Crippen LogP contribution is -2.39. The van der Waals surface area contributed by atoms with E-state index >= 15 is 0 Å². The molecule has 0 aliphatic heterocycles. The van der Waals surface area contributed by atoms with Crippen molar-refractivity contribution < 1.29 is 14.3 Å². The Hall–Kier alpha value is -0.650. The van der Waals surface area contributed by atoms with Gasteiger partial charge in [-0.15, -0.1) is 0 Å². The van der Waals surface area contributed by atoms with Crippen molar-refractivity contribution in [3.05, 3.63) is 0 Å². The van der Waals surface area contributed by atoms with Gasteiger partial charge in [-0.3, -0.25) is 4.79 Å². The Balaban J connectivity index is 3.57. The molecule has 5 heteroatoms. The summed E-state index contributed by atoms with van der Waals surface area (Å²) in [6, 6.07) is 0. The van der Waals surface area contributed by atoms with E-state index in [0.717, 1.165) is 19.6 Å². The number of hydrogen-bond acceptors (Lipinski definition) is 4. The summed E-state index contributed by atoms with van der Waals surface area (Å²) in [5, 5.41) is 5.91. The number of rotatable bonds is 10. The fourth-order valence-corrected chi connectivity index (χ4v) is 1.34. The highest BCUT2D eigenvalue weighted by molar-refractivity contribution is 5.77. The van der Waals surface area contributed by atoms with Crippen molar-refractivity contribution >= 4 is 5.91 Å². The van der Waals surface area contributed by atoms with Crippen molar-refractivity contribution in [1.29, 1.82) is 0 Å². The summed E-state index contributed by atoms with van der Waals surface area (Å²) in [4.78, 5) is 11.4. The maximum absolute atomic E-state index is 11.4. The number of nitrogens with one attached hydrogen (secondary N) is 2. The van der Waals surface area contributed by atoms with E-state index in [1.807, 2.05) is 0 Å². The molecule has 0 aliphatic rings. The Morgan fingerprint density at radius 2 is 1.82 bits per heavy atom. The molecule has 0 bridgehead atoms. The van der Waals surface area contributed by atoms with Gasteiger partial charge in [-0.1, -0.05) is 13.8 Å². The van der Waals surface area contributed by atoms with E-state index < -0.39 is 0 Å². The van der Waals surface area contributed by atoms with Crippen LogP contribution in [0.15, 0.2) is 0 Å². The zero-order valence-electron chi connectivity index (χ0n) is 11.5. The molecule has 0 heterocycles. The summed E-state index contributed by atoms with van der Waals surface area (Å²) in [6.07, 6.45) is 0.974. The molecule has 0 unspecified atom stereocenters. The minimum absolute atomic E-state index is 0.00425. The molecule has 0 aromatic heterocycles. The Bertz CT molecular complexity index is 208. The largest absolute Gasteiger partial charge is 0.385 e. The van der Waals surface area contributed by atoms with Gasteiger partial charge >= 0.3 is 0 Å². The third kappa shape index (κ3) is 10.2. The van der Waals surface area contributed by atoms with Crippen LogP contribution in [0.25, 0.3) is 0 Å². The summed E-state index contributed by atoms with van der Waals surface area (Å²) in [5.41, 5.74) is 0.142. The second-order valence-electron chi connectivity index (χ2n) is 4.85. The molecule has 0 saturated heterocycles. The Labute approximate surface area is 104 Å². The van der Waals surface area contributed by atoms with Gasteiger partial charge in [0.2, 0.25) is 5.91 Å². The van der Waals surface area contributed by atoms with E-state index in [1.54, 1.807) is 14.2 Å². The molecule has 17 heavy (non-hydrogen) atoms. The summed E-state index contributed by atoms with van der Waals surface area (Å²) >= 11 is 0. The molecule has 0 aliphatic carbocycles. The molecular formula is C12H26N2O3. The number of ether oxygens (including phenoxy) is 2. The molecule has 5 nitrogen and oxygen atoms in total. The highest BCUT2D eigenvalue weighted by Gasteiger charge is 2.17. The second kappa shape index (κ2) is 9.39. The molecule has 0 saturated carbocycles. The van der Waals surface area contributed by atoms with Gasteiger partial charge in [-0.2, -0.15) is 0 Å². The van der Waals surface area contributed by atoms with Crippen LogP contribution in [0.2, 0.25) is 0 Å². The topological polar surface area (TPSA) is 59.6 Å². The van der Waals surface area contributed by atoms with Crippen molar-refractivity contribution in [1.82, 2.24) is 10.6 Å². The Morgan fingerprint density at radius 3 is 2.41 bits per heavy atom. The minimum Gasteiger partial charge on any atom is -0.385 e. The van der Waals surface area contributed by atoms with Crippen LogP contribution in [0.3, 0.4) is 0 Å². The molecular weight excluding hydrogens is 220 g/mol. The molecule has 2 N–H and O–H groups in total. The predicted octanol–water partition coefficient (Wildman–Crippen LogP) is 0.401. The number of carbonyl (C=O) groups is 1. The van der Waals surface area contributed by atoms with E-state index in [0.29, 0.717) is 19.7 Å². The van der Waals surface area contributed by atoms with Crippen molar-refractivity contribution in [3.63, 3.8) is 0 Å². The van der Waals surface area contributed by atoms with Crippen LogP contribution in [0.5, 0.6) is 0 Å². The van der Waals surface area contributed by atoms with E-state index in [9.17, 15) is 4.79 Å². The van der Waals surface area contributed by atoms with E-state index in [2.05, 4.69) is 24.5 Å². The van der Waals surface area contributed by atoms with E-state index in [4.69, 9.17) is 9.47 Å². The van der Waals surface area contributed by atoms with Crippen molar-refractivity contribution in [2.24, 2.45) is 5.41 Å². The van der Waals surface area contributed by atoms with Crippen molar-refractivity contribution in [2.45, 2.75) is 20.3 Å². The fourth-order valence-electron chi connectivity index (χ4n) is 1.34. The average molecular weight is 246 g/mol. The molecule has 0 radical (unpaired) electrons. The summed E-state index contributed by atoms with van der Waals surface area (Å²) in [6.45, 7) is 7.31. The van der Waals surface area contributed by atoms with Crippen molar-refractivity contribution in [3.8, 4) is 0 Å². The zero-order valence-corrected chi connectivity index (χ0v) is 11.5. The lowest BCUT2D eigenvalue weighted by molar-refractivity contribution is -0.120. The van der Waals surface area contributed by atoms with Crippen LogP contribution in [0.1, 0.15) is 20.3 Å². The van der Waals surface area contributed by atoms with Crippen LogP contribution in [-0.2, 0) is 14.3 Å². The third-order valence-corrected chi connectivity index (χ3v) is 2.50. The SMILES string of the molecule is COCCNC(=O)CNCC(C)(C)CCOC. The fraction of sp³-hybridized carbons (Fsp3) is 0.917. The molecule has 1 amide bonds. The zero-order chi connectivity index (χ0) is 13.1. The molecule has 0 aromatic rings. The Kier molecular flexibility index (Phi) is 9.03. The normalized spacial score (nSPS) is 11.5. The van der Waals surface area contributed by atoms with E-state index in [1.165, 1.54) is 0 Å². The summed E-state index contributed by atoms with van der Waals surface area (Å²) < 4.78 is 9.90. The van der Waals surface area contributed by atoms with Gasteiger partial charge in [0.1, 0.15) is 0 Å². The monoisotopic (exact) mass is 246 g/mol. The van der Waals surface area contributed by atoms with Crippen LogP contribution in [0.4, 0.5) is 0 Å². The first-order chi connectivity index (χ1) is 8.02. The first-order valence-electron chi connectivity index (χ1n) is 5.97. The number of hydrogen-bond donors (Lipinski definition) is 2. The molecule has 0 atom stereocenters. The Morgan fingerprint density at radius 1 is 1.18 bits per heavy atom. The van der Waals surface area contributed by atoms with Gasteiger partial charge in [-0.05, 0) is 11.8 Å². The standard InChI is InChI=1S/C12H26N2O3/c1-12(2,5-7-16-3)10-13-9-11(15)14-6-8-17-4/h13H,5-10H2,1-4H3,(H,14,15). The van der Waals surface area contributed by atoms with Crippen LogP contribution < -0.4 is 10.6 Å². The maximum atomic E-state index is 11.4. The van der Waals surface area contributed by atoms with Crippen LogP contribution in [0, 0.1) is 5.41 Å². The second-order valence-corrected chi connectivity index (χ2v) is 4.85. The van der Waals surface area contributed by atoms with Gasteiger partial charge in [0.25, 0.3) is 0 Å². The smallest absolute Gasteiger partial charge is 0.234 e. The van der Waals surface area contributed by atoms with Crippen molar-refractivity contribution in [2.75, 3.05) is 47.1 Å². The number of methoxy groups -OCH3 is 2. The third-order valence-electron chi connectivity index (χ3n) is 2.50. The van der Waals surface area contributed by atoms with Gasteiger partial charge < -0.3 is 20.1 Å². The average Bonchev–Trinajstić information content (AvgIpc) is 2.26. The summed E-state index contributed by atoms with van der Waals surface area (Å²) in [7, 11) is 3.31. The lowest BCUT2D eigenvalue weighted by atomic mass is 9.90. The molecule has 0 aromatic carbocycles. The molecule has 0 rings (SSSR count). The highest BCUT2D eigenvalue weighted by atomic mass is 16.5. The van der Waals surface area contributed by atoms with Gasteiger partial charge in [0.15, 0.2) is 0 Å². The van der Waals surface area contributed by atoms with Crippen LogP contribution in [-0.4, -0.2) is 53.0 Å². The highest BCUT2D eigenvalue weighted by Crippen LogP contribution is 2.18. The van der Waals surface area contributed by atoms with Gasteiger partial charge in [0.05, 0.1) is 13.2 Å². The first kappa shape index (κ1) is 16.4. The summed E-state index contributed by atoms with van der Waals surface area (Å²) in [5.74, 6) is 0.00425. The van der Waals surface area contributed by atoms with Gasteiger partial charge in [0, 0.05) is 33.9 Å². The van der Waals surface area contributed by atoms with Crippen LogP contribution >= 0.6 is 0 Å². The molecule has 0 fully saturated rings. The molecule has 102 valence electrons. The van der Waals surface area contributed by atoms with Gasteiger partial charge in [-0.25, -0.2) is 0 Å². The number of carbonyl (C=O) groups excluding carboxylic acids is 1. The quantitative estimate of drug-likeness (QED) is 0.548.